The number of rotatable bonds is 4. The van der Waals surface area contributed by atoms with E-state index >= 15 is 0 Å². The first-order chi connectivity index (χ1) is 8.56. The molecule has 0 unspecified atom stereocenters. The van der Waals surface area contributed by atoms with Gasteiger partial charge >= 0.3 is 0 Å². The Bertz CT molecular complexity index is 437. The van der Waals surface area contributed by atoms with Crippen LogP contribution in [-0.2, 0) is 0 Å². The standard InChI is InChI=1S/C15H23N3/c1-11(2)13-5-4-6-14(8-13)18(3)10-12-7-15(16)17-9-12/h4-8,11-12,17H,9-10,16H2,1-3H3/t12-/m0/s1. The third kappa shape index (κ3) is 2.97. The molecule has 18 heavy (non-hydrogen) atoms. The highest BCUT2D eigenvalue weighted by atomic mass is 15.1. The molecule has 1 aliphatic heterocycles. The van der Waals surface area contributed by atoms with Gasteiger partial charge in [0, 0.05) is 31.7 Å². The van der Waals surface area contributed by atoms with Crippen molar-refractivity contribution in [1.82, 2.24) is 5.32 Å². The van der Waals surface area contributed by atoms with Gasteiger partial charge in [-0.25, -0.2) is 0 Å². The van der Waals surface area contributed by atoms with E-state index in [1.807, 2.05) is 0 Å². The van der Waals surface area contributed by atoms with E-state index in [0.29, 0.717) is 11.8 Å². The van der Waals surface area contributed by atoms with E-state index in [9.17, 15) is 0 Å². The van der Waals surface area contributed by atoms with Gasteiger partial charge in [0.1, 0.15) is 0 Å². The molecule has 0 saturated heterocycles. The zero-order valence-corrected chi connectivity index (χ0v) is 11.5. The van der Waals surface area contributed by atoms with Crippen LogP contribution < -0.4 is 16.0 Å². The smallest absolute Gasteiger partial charge is 0.0923 e. The van der Waals surface area contributed by atoms with Gasteiger partial charge in [0.2, 0.25) is 0 Å². The minimum atomic E-state index is 0.498. The van der Waals surface area contributed by atoms with Gasteiger partial charge in [0.15, 0.2) is 0 Å². The quantitative estimate of drug-likeness (QED) is 0.855. The Balaban J connectivity index is 2.04. The molecule has 0 saturated carbocycles. The summed E-state index contributed by atoms with van der Waals surface area (Å²) in [5, 5.41) is 3.17. The summed E-state index contributed by atoms with van der Waals surface area (Å²) < 4.78 is 0. The Labute approximate surface area is 110 Å². The van der Waals surface area contributed by atoms with Crippen molar-refractivity contribution in [2.45, 2.75) is 19.8 Å². The molecule has 2 rings (SSSR count). The first-order valence-corrected chi connectivity index (χ1v) is 6.58. The summed E-state index contributed by atoms with van der Waals surface area (Å²) in [5.74, 6) is 1.88. The lowest BCUT2D eigenvalue weighted by Crippen LogP contribution is -2.27. The summed E-state index contributed by atoms with van der Waals surface area (Å²) in [7, 11) is 2.14. The van der Waals surface area contributed by atoms with E-state index in [2.05, 4.69) is 61.5 Å². The maximum atomic E-state index is 5.73. The highest BCUT2D eigenvalue weighted by Crippen LogP contribution is 2.22. The zero-order valence-electron chi connectivity index (χ0n) is 11.5. The van der Waals surface area contributed by atoms with Gasteiger partial charge < -0.3 is 16.0 Å². The summed E-state index contributed by atoms with van der Waals surface area (Å²) in [4.78, 5) is 2.30. The molecule has 0 fully saturated rings. The molecule has 0 amide bonds. The molecule has 1 aromatic carbocycles. The van der Waals surface area contributed by atoms with E-state index in [1.54, 1.807) is 0 Å². The topological polar surface area (TPSA) is 41.3 Å². The van der Waals surface area contributed by atoms with Crippen molar-refractivity contribution in [3.63, 3.8) is 0 Å². The van der Waals surface area contributed by atoms with E-state index in [0.717, 1.165) is 18.9 Å². The van der Waals surface area contributed by atoms with E-state index in [4.69, 9.17) is 5.73 Å². The number of anilines is 1. The van der Waals surface area contributed by atoms with E-state index in [-0.39, 0.29) is 0 Å². The maximum absolute atomic E-state index is 5.73. The summed E-state index contributed by atoms with van der Waals surface area (Å²) in [6.07, 6.45) is 2.11. The van der Waals surface area contributed by atoms with Crippen molar-refractivity contribution in [3.8, 4) is 0 Å². The molecule has 1 heterocycles. The lowest BCUT2D eigenvalue weighted by molar-refractivity contribution is 0.640. The second-order valence-electron chi connectivity index (χ2n) is 5.39. The third-order valence-electron chi connectivity index (χ3n) is 3.47. The number of hydrogen-bond acceptors (Lipinski definition) is 3. The molecule has 0 aliphatic carbocycles. The van der Waals surface area contributed by atoms with Crippen LogP contribution in [0.3, 0.4) is 0 Å². The fourth-order valence-electron chi connectivity index (χ4n) is 2.32. The molecule has 0 radical (unpaired) electrons. The number of hydrogen-bond donors (Lipinski definition) is 2. The fraction of sp³-hybridized carbons (Fsp3) is 0.467. The van der Waals surface area contributed by atoms with Crippen LogP contribution in [-0.4, -0.2) is 20.1 Å². The lowest BCUT2D eigenvalue weighted by Gasteiger charge is -2.23. The average molecular weight is 245 g/mol. The highest BCUT2D eigenvalue weighted by Gasteiger charge is 2.15. The van der Waals surface area contributed by atoms with Gasteiger partial charge in [-0.3, -0.25) is 0 Å². The molecule has 3 nitrogen and oxygen atoms in total. The second-order valence-corrected chi connectivity index (χ2v) is 5.39. The van der Waals surface area contributed by atoms with Crippen LogP contribution in [0, 0.1) is 5.92 Å². The number of nitrogens with one attached hydrogen (secondary N) is 1. The summed E-state index contributed by atoms with van der Waals surface area (Å²) in [6.45, 7) is 6.39. The van der Waals surface area contributed by atoms with Crippen LogP contribution >= 0.6 is 0 Å². The Morgan fingerprint density at radius 1 is 1.44 bits per heavy atom. The molecule has 0 spiro atoms. The van der Waals surface area contributed by atoms with Crippen LogP contribution in [0.1, 0.15) is 25.3 Å². The Morgan fingerprint density at radius 3 is 2.83 bits per heavy atom. The predicted octanol–water partition coefficient (Wildman–Crippen LogP) is 2.27. The highest BCUT2D eigenvalue weighted by molar-refractivity contribution is 5.48. The van der Waals surface area contributed by atoms with Crippen molar-refractivity contribution in [1.29, 1.82) is 0 Å². The van der Waals surface area contributed by atoms with Crippen molar-refractivity contribution in [2.75, 3.05) is 25.0 Å². The minimum absolute atomic E-state index is 0.498. The van der Waals surface area contributed by atoms with Crippen LogP contribution in [0.15, 0.2) is 36.2 Å². The molecule has 1 aliphatic rings. The van der Waals surface area contributed by atoms with Crippen molar-refractivity contribution < 1.29 is 0 Å². The van der Waals surface area contributed by atoms with Crippen LogP contribution in [0.25, 0.3) is 0 Å². The number of benzene rings is 1. The molecule has 0 bridgehead atoms. The first kappa shape index (κ1) is 12.8. The van der Waals surface area contributed by atoms with E-state index < -0.39 is 0 Å². The molecule has 1 atom stereocenters. The van der Waals surface area contributed by atoms with Crippen LogP contribution in [0.2, 0.25) is 0 Å². The normalized spacial score (nSPS) is 18.7. The first-order valence-electron chi connectivity index (χ1n) is 6.58. The van der Waals surface area contributed by atoms with E-state index in [1.165, 1.54) is 11.3 Å². The summed E-state index contributed by atoms with van der Waals surface area (Å²) in [5.41, 5.74) is 8.40. The summed E-state index contributed by atoms with van der Waals surface area (Å²) >= 11 is 0. The molecular weight excluding hydrogens is 222 g/mol. The van der Waals surface area contributed by atoms with Crippen molar-refractivity contribution in [3.05, 3.63) is 41.7 Å². The molecular formula is C15H23N3. The maximum Gasteiger partial charge on any atom is 0.0923 e. The lowest BCUT2D eigenvalue weighted by atomic mass is 10.0. The predicted molar refractivity (Wildman–Crippen MR) is 77.6 cm³/mol. The van der Waals surface area contributed by atoms with Crippen LogP contribution in [0.4, 0.5) is 5.69 Å². The van der Waals surface area contributed by atoms with Crippen LogP contribution in [0.5, 0.6) is 0 Å². The molecule has 3 heteroatoms. The van der Waals surface area contributed by atoms with Gasteiger partial charge in [-0.1, -0.05) is 26.0 Å². The number of nitrogens with two attached hydrogens (primary N) is 1. The Kier molecular flexibility index (Phi) is 3.80. The minimum Gasteiger partial charge on any atom is -0.386 e. The Morgan fingerprint density at radius 2 is 2.22 bits per heavy atom. The van der Waals surface area contributed by atoms with Crippen molar-refractivity contribution >= 4 is 5.69 Å². The number of nitrogens with zero attached hydrogens (tertiary/aromatic N) is 1. The van der Waals surface area contributed by atoms with Gasteiger partial charge in [-0.05, 0) is 29.7 Å². The zero-order chi connectivity index (χ0) is 13.1. The second kappa shape index (κ2) is 5.34. The van der Waals surface area contributed by atoms with Gasteiger partial charge in [-0.15, -0.1) is 0 Å². The molecule has 0 aromatic heterocycles. The Hall–Kier alpha value is -1.64. The SMILES string of the molecule is CC(C)c1cccc(N(C)C[C@H]2C=C(N)NC2)c1. The molecule has 98 valence electrons. The molecule has 3 N–H and O–H groups in total. The van der Waals surface area contributed by atoms with Crippen molar-refractivity contribution in [2.24, 2.45) is 11.7 Å². The average Bonchev–Trinajstić information content (AvgIpc) is 2.75. The van der Waals surface area contributed by atoms with Gasteiger partial charge in [0.25, 0.3) is 0 Å². The van der Waals surface area contributed by atoms with Gasteiger partial charge in [0.05, 0.1) is 5.82 Å². The van der Waals surface area contributed by atoms with Gasteiger partial charge in [-0.2, -0.15) is 0 Å². The third-order valence-corrected chi connectivity index (χ3v) is 3.47. The fourth-order valence-corrected chi connectivity index (χ4v) is 2.32. The molecule has 1 aromatic rings. The monoisotopic (exact) mass is 245 g/mol. The largest absolute Gasteiger partial charge is 0.386 e. The summed E-state index contributed by atoms with van der Waals surface area (Å²) in [6, 6.07) is 8.77.